The molecule has 3 aromatic rings. The molecule has 4 nitrogen and oxygen atoms in total. The van der Waals surface area contributed by atoms with Crippen LogP contribution in [0.5, 0.6) is 11.6 Å². The number of thiophene rings is 1. The summed E-state index contributed by atoms with van der Waals surface area (Å²) in [6.07, 6.45) is 1.51. The van der Waals surface area contributed by atoms with Gasteiger partial charge in [-0.1, -0.05) is 12.1 Å². The number of rotatable bonds is 3. The Hall–Kier alpha value is -1.98. The summed E-state index contributed by atoms with van der Waals surface area (Å²) >= 11 is 1.57. The molecule has 0 atom stereocenters. The number of fused-ring (bicyclic) bond motifs is 1. The normalized spacial score (nSPS) is 10.8. The number of benzene rings is 1. The lowest BCUT2D eigenvalue weighted by Gasteiger charge is -2.06. The SMILES string of the molecule is Cc1csc2c(Oc3cccc(CO)c3)ncnc12. The molecule has 1 N–H and O–H groups in total. The third kappa shape index (κ3) is 2.30. The molecule has 3 rings (SSSR count). The molecular weight excluding hydrogens is 260 g/mol. The van der Waals surface area contributed by atoms with Gasteiger partial charge in [-0.05, 0) is 35.6 Å². The fourth-order valence-electron chi connectivity index (χ4n) is 1.84. The van der Waals surface area contributed by atoms with Gasteiger partial charge in [-0.15, -0.1) is 11.3 Å². The van der Waals surface area contributed by atoms with E-state index in [1.54, 1.807) is 17.4 Å². The van der Waals surface area contributed by atoms with Crippen LogP contribution >= 0.6 is 11.3 Å². The van der Waals surface area contributed by atoms with Gasteiger partial charge in [0.1, 0.15) is 16.8 Å². The van der Waals surface area contributed by atoms with Crippen molar-refractivity contribution in [2.45, 2.75) is 13.5 Å². The Balaban J connectivity index is 2.00. The van der Waals surface area contributed by atoms with E-state index in [-0.39, 0.29) is 6.61 Å². The summed E-state index contributed by atoms with van der Waals surface area (Å²) in [6, 6.07) is 7.33. The number of aryl methyl sites for hydroxylation is 1. The maximum absolute atomic E-state index is 9.12. The van der Waals surface area contributed by atoms with Crippen molar-refractivity contribution >= 4 is 21.6 Å². The number of hydrogen-bond donors (Lipinski definition) is 1. The minimum Gasteiger partial charge on any atom is -0.437 e. The first kappa shape index (κ1) is 12.1. The largest absolute Gasteiger partial charge is 0.437 e. The first-order valence-corrected chi connectivity index (χ1v) is 6.72. The highest BCUT2D eigenvalue weighted by Crippen LogP contribution is 2.32. The zero-order valence-corrected chi connectivity index (χ0v) is 11.1. The summed E-state index contributed by atoms with van der Waals surface area (Å²) < 4.78 is 6.73. The number of nitrogens with zero attached hydrogens (tertiary/aromatic N) is 2. The van der Waals surface area contributed by atoms with Crippen LogP contribution in [0, 0.1) is 6.92 Å². The van der Waals surface area contributed by atoms with Crippen molar-refractivity contribution in [2.24, 2.45) is 0 Å². The predicted octanol–water partition coefficient (Wildman–Crippen LogP) is 3.28. The minimum atomic E-state index is -0.00546. The van der Waals surface area contributed by atoms with E-state index in [0.29, 0.717) is 11.6 Å². The number of ether oxygens (including phenoxy) is 1. The molecule has 0 bridgehead atoms. The van der Waals surface area contributed by atoms with Crippen LogP contribution in [0.25, 0.3) is 10.2 Å². The van der Waals surface area contributed by atoms with E-state index in [1.165, 1.54) is 6.33 Å². The molecule has 1 aromatic carbocycles. The molecule has 0 radical (unpaired) electrons. The van der Waals surface area contributed by atoms with Crippen molar-refractivity contribution < 1.29 is 9.84 Å². The van der Waals surface area contributed by atoms with Crippen molar-refractivity contribution in [3.05, 3.63) is 47.1 Å². The molecule has 0 fully saturated rings. The van der Waals surface area contributed by atoms with Crippen LogP contribution in [0.15, 0.2) is 36.0 Å². The van der Waals surface area contributed by atoms with Crippen LogP contribution in [0.1, 0.15) is 11.1 Å². The van der Waals surface area contributed by atoms with Crippen LogP contribution in [-0.4, -0.2) is 15.1 Å². The molecule has 0 spiro atoms. The third-order valence-electron chi connectivity index (χ3n) is 2.79. The van der Waals surface area contributed by atoms with Gasteiger partial charge in [-0.2, -0.15) is 0 Å². The molecule has 2 heterocycles. The molecular formula is C14H12N2O2S. The average molecular weight is 272 g/mol. The second kappa shape index (κ2) is 4.95. The summed E-state index contributed by atoms with van der Waals surface area (Å²) in [7, 11) is 0. The Bertz CT molecular complexity index is 724. The Kier molecular flexibility index (Phi) is 3.15. The summed E-state index contributed by atoms with van der Waals surface area (Å²) in [5.41, 5.74) is 2.86. The number of aromatic nitrogens is 2. The first-order chi connectivity index (χ1) is 9.28. The van der Waals surface area contributed by atoms with Crippen molar-refractivity contribution in [3.8, 4) is 11.6 Å². The van der Waals surface area contributed by atoms with Gasteiger partial charge >= 0.3 is 0 Å². The van der Waals surface area contributed by atoms with Gasteiger partial charge in [-0.25, -0.2) is 9.97 Å². The molecule has 0 aliphatic rings. The number of aliphatic hydroxyl groups excluding tert-OH is 1. The highest BCUT2D eigenvalue weighted by molar-refractivity contribution is 7.17. The Morgan fingerprint density at radius 1 is 1.32 bits per heavy atom. The predicted molar refractivity (Wildman–Crippen MR) is 74.6 cm³/mol. The smallest absolute Gasteiger partial charge is 0.240 e. The Morgan fingerprint density at radius 2 is 2.21 bits per heavy atom. The van der Waals surface area contributed by atoms with Gasteiger partial charge in [0.15, 0.2) is 0 Å². The van der Waals surface area contributed by atoms with Crippen molar-refractivity contribution in [1.82, 2.24) is 9.97 Å². The monoisotopic (exact) mass is 272 g/mol. The molecule has 96 valence electrons. The highest BCUT2D eigenvalue weighted by Gasteiger charge is 2.10. The van der Waals surface area contributed by atoms with Gasteiger partial charge in [0.2, 0.25) is 5.88 Å². The molecule has 0 saturated carbocycles. The van der Waals surface area contributed by atoms with E-state index >= 15 is 0 Å². The van der Waals surface area contributed by atoms with Crippen molar-refractivity contribution in [3.63, 3.8) is 0 Å². The highest BCUT2D eigenvalue weighted by atomic mass is 32.1. The van der Waals surface area contributed by atoms with E-state index < -0.39 is 0 Å². The summed E-state index contributed by atoms with van der Waals surface area (Å²) in [6.45, 7) is 2.01. The van der Waals surface area contributed by atoms with Gasteiger partial charge in [0, 0.05) is 0 Å². The van der Waals surface area contributed by atoms with Gasteiger partial charge < -0.3 is 9.84 Å². The summed E-state index contributed by atoms with van der Waals surface area (Å²) in [5.74, 6) is 1.22. The molecule has 0 aliphatic carbocycles. The Labute approximate surface area is 114 Å². The molecule has 5 heteroatoms. The van der Waals surface area contributed by atoms with Crippen molar-refractivity contribution in [2.75, 3.05) is 0 Å². The van der Waals surface area contributed by atoms with Gasteiger partial charge in [0.05, 0.1) is 12.1 Å². The zero-order valence-electron chi connectivity index (χ0n) is 10.3. The lowest BCUT2D eigenvalue weighted by molar-refractivity contribution is 0.281. The summed E-state index contributed by atoms with van der Waals surface area (Å²) in [5, 5.41) is 11.2. The van der Waals surface area contributed by atoms with Gasteiger partial charge in [0.25, 0.3) is 0 Å². The zero-order chi connectivity index (χ0) is 13.2. The molecule has 0 unspecified atom stereocenters. The van der Waals surface area contributed by atoms with Crippen LogP contribution in [0.3, 0.4) is 0 Å². The third-order valence-corrected chi connectivity index (χ3v) is 3.87. The summed E-state index contributed by atoms with van der Waals surface area (Å²) in [4.78, 5) is 8.44. The molecule has 19 heavy (non-hydrogen) atoms. The van der Waals surface area contributed by atoms with E-state index in [4.69, 9.17) is 9.84 Å². The second-order valence-corrected chi connectivity index (χ2v) is 5.06. The average Bonchev–Trinajstić information content (AvgIpc) is 2.82. The molecule has 0 amide bonds. The molecule has 0 saturated heterocycles. The minimum absolute atomic E-state index is 0.00546. The van der Waals surface area contributed by atoms with E-state index in [0.717, 1.165) is 21.3 Å². The lowest BCUT2D eigenvalue weighted by atomic mass is 10.2. The first-order valence-electron chi connectivity index (χ1n) is 5.84. The van der Waals surface area contributed by atoms with Crippen LogP contribution in [-0.2, 0) is 6.61 Å². The maximum atomic E-state index is 9.12. The van der Waals surface area contributed by atoms with Crippen LogP contribution in [0.2, 0.25) is 0 Å². The fraction of sp³-hybridized carbons (Fsp3) is 0.143. The van der Waals surface area contributed by atoms with Crippen molar-refractivity contribution in [1.29, 1.82) is 0 Å². The van der Waals surface area contributed by atoms with Crippen LogP contribution in [0.4, 0.5) is 0 Å². The standard InChI is InChI=1S/C14H12N2O2S/c1-9-7-19-13-12(9)15-8-16-14(13)18-11-4-2-3-10(5-11)6-17/h2-5,7-8,17H,6H2,1H3. The lowest BCUT2D eigenvalue weighted by Crippen LogP contribution is -1.91. The Morgan fingerprint density at radius 3 is 3.05 bits per heavy atom. The van der Waals surface area contributed by atoms with E-state index in [9.17, 15) is 0 Å². The van der Waals surface area contributed by atoms with E-state index in [1.807, 2.05) is 30.5 Å². The second-order valence-electron chi connectivity index (χ2n) is 4.18. The van der Waals surface area contributed by atoms with E-state index in [2.05, 4.69) is 9.97 Å². The number of aliphatic hydroxyl groups is 1. The quantitative estimate of drug-likeness (QED) is 0.795. The topological polar surface area (TPSA) is 55.2 Å². The van der Waals surface area contributed by atoms with Gasteiger partial charge in [-0.3, -0.25) is 0 Å². The fourth-order valence-corrected chi connectivity index (χ4v) is 2.77. The van der Waals surface area contributed by atoms with Crippen LogP contribution < -0.4 is 4.74 Å². The maximum Gasteiger partial charge on any atom is 0.240 e. The molecule has 0 aliphatic heterocycles. The molecule has 2 aromatic heterocycles. The number of hydrogen-bond acceptors (Lipinski definition) is 5.